The maximum absolute atomic E-state index is 12.4. The van der Waals surface area contributed by atoms with E-state index in [9.17, 15) is 4.79 Å². The summed E-state index contributed by atoms with van der Waals surface area (Å²) in [4.78, 5) is 16.7. The number of para-hydroxylation sites is 2. The molecule has 0 atom stereocenters. The van der Waals surface area contributed by atoms with Crippen molar-refractivity contribution in [2.24, 2.45) is 4.99 Å². The first kappa shape index (κ1) is 13.8. The quantitative estimate of drug-likeness (QED) is 0.729. The summed E-state index contributed by atoms with van der Waals surface area (Å²) >= 11 is 0. The van der Waals surface area contributed by atoms with Crippen LogP contribution in [0.15, 0.2) is 82.4 Å². The number of furan rings is 1. The Morgan fingerprint density at radius 1 is 0.955 bits per heavy atom. The van der Waals surface area contributed by atoms with Crippen LogP contribution in [0.5, 0.6) is 0 Å². The molecule has 108 valence electrons. The Morgan fingerprint density at radius 2 is 1.73 bits per heavy atom. The Kier molecular flexibility index (Phi) is 4.11. The summed E-state index contributed by atoms with van der Waals surface area (Å²) in [6.45, 7) is 0. The van der Waals surface area contributed by atoms with Crippen molar-refractivity contribution in [2.45, 2.75) is 0 Å². The fourth-order valence-electron chi connectivity index (χ4n) is 2.00. The molecule has 22 heavy (non-hydrogen) atoms. The van der Waals surface area contributed by atoms with Crippen LogP contribution in [0, 0.1) is 0 Å². The van der Waals surface area contributed by atoms with Gasteiger partial charge >= 0.3 is 0 Å². The molecule has 1 heterocycles. The van der Waals surface area contributed by atoms with E-state index in [2.05, 4.69) is 10.3 Å². The van der Waals surface area contributed by atoms with Gasteiger partial charge in [0.15, 0.2) is 0 Å². The van der Waals surface area contributed by atoms with E-state index in [1.165, 1.54) is 0 Å². The normalized spacial score (nSPS) is 10.7. The van der Waals surface area contributed by atoms with E-state index in [0.29, 0.717) is 17.0 Å². The molecule has 0 saturated heterocycles. The Morgan fingerprint density at radius 3 is 2.50 bits per heavy atom. The predicted octanol–water partition coefficient (Wildman–Crippen LogP) is 4.28. The first-order chi connectivity index (χ1) is 10.8. The lowest BCUT2D eigenvalue weighted by Gasteiger charge is -2.07. The highest BCUT2D eigenvalue weighted by molar-refractivity contribution is 6.08. The second kappa shape index (κ2) is 6.54. The molecule has 1 aromatic heterocycles. The smallest absolute Gasteiger partial charge is 0.257 e. The van der Waals surface area contributed by atoms with Crippen LogP contribution < -0.4 is 5.32 Å². The van der Waals surface area contributed by atoms with Crippen molar-refractivity contribution in [3.8, 4) is 0 Å². The third kappa shape index (κ3) is 3.30. The van der Waals surface area contributed by atoms with Crippen LogP contribution in [0.2, 0.25) is 0 Å². The average Bonchev–Trinajstić information content (AvgIpc) is 3.07. The summed E-state index contributed by atoms with van der Waals surface area (Å²) in [7, 11) is 0. The van der Waals surface area contributed by atoms with Crippen LogP contribution >= 0.6 is 0 Å². The highest BCUT2D eigenvalue weighted by Crippen LogP contribution is 2.20. The van der Waals surface area contributed by atoms with Gasteiger partial charge in [-0.2, -0.15) is 0 Å². The van der Waals surface area contributed by atoms with Gasteiger partial charge in [0.25, 0.3) is 5.91 Å². The van der Waals surface area contributed by atoms with Crippen molar-refractivity contribution in [3.63, 3.8) is 0 Å². The molecule has 1 amide bonds. The second-order valence-corrected chi connectivity index (χ2v) is 4.61. The first-order valence-corrected chi connectivity index (χ1v) is 6.86. The van der Waals surface area contributed by atoms with Gasteiger partial charge in [-0.1, -0.05) is 30.3 Å². The monoisotopic (exact) mass is 290 g/mol. The summed E-state index contributed by atoms with van der Waals surface area (Å²) in [5, 5.41) is 2.86. The lowest BCUT2D eigenvalue weighted by atomic mass is 10.1. The Labute approximate surface area is 128 Å². The molecule has 2 aromatic carbocycles. The highest BCUT2D eigenvalue weighted by atomic mass is 16.3. The van der Waals surface area contributed by atoms with E-state index >= 15 is 0 Å². The van der Waals surface area contributed by atoms with E-state index < -0.39 is 0 Å². The molecule has 3 aromatic rings. The zero-order valence-electron chi connectivity index (χ0n) is 11.8. The number of hydrogen-bond donors (Lipinski definition) is 1. The number of rotatable bonds is 4. The highest BCUT2D eigenvalue weighted by Gasteiger charge is 2.10. The minimum absolute atomic E-state index is 0.196. The largest absolute Gasteiger partial charge is 0.463 e. The molecule has 0 unspecified atom stereocenters. The minimum Gasteiger partial charge on any atom is -0.463 e. The number of carbonyl (C=O) groups is 1. The number of benzene rings is 2. The standard InChI is InChI=1S/C18H14N2O2/c21-18(20-14-7-2-1-3-8-14)16-10-4-5-11-17(16)19-13-15-9-6-12-22-15/h1-13H,(H,20,21). The molecular weight excluding hydrogens is 276 g/mol. The van der Waals surface area contributed by atoms with E-state index in [-0.39, 0.29) is 5.91 Å². The van der Waals surface area contributed by atoms with Gasteiger partial charge in [0.05, 0.1) is 23.7 Å². The van der Waals surface area contributed by atoms with Crippen LogP contribution in [-0.4, -0.2) is 12.1 Å². The number of anilines is 1. The van der Waals surface area contributed by atoms with Gasteiger partial charge in [-0.15, -0.1) is 0 Å². The molecule has 0 spiro atoms. The lowest BCUT2D eigenvalue weighted by molar-refractivity contribution is 0.102. The maximum atomic E-state index is 12.4. The molecule has 0 aliphatic carbocycles. The van der Waals surface area contributed by atoms with Gasteiger partial charge in [-0.3, -0.25) is 9.79 Å². The van der Waals surface area contributed by atoms with Crippen LogP contribution in [0.1, 0.15) is 16.1 Å². The van der Waals surface area contributed by atoms with Gasteiger partial charge in [0.2, 0.25) is 0 Å². The Hall–Kier alpha value is -3.14. The third-order valence-electron chi connectivity index (χ3n) is 3.05. The number of aliphatic imine (C=N–C) groups is 1. The van der Waals surface area contributed by atoms with Gasteiger partial charge in [-0.25, -0.2) is 0 Å². The second-order valence-electron chi connectivity index (χ2n) is 4.61. The van der Waals surface area contributed by atoms with Gasteiger partial charge in [0.1, 0.15) is 5.76 Å². The van der Waals surface area contributed by atoms with E-state index in [1.54, 1.807) is 36.7 Å². The number of nitrogens with zero attached hydrogens (tertiary/aromatic N) is 1. The lowest BCUT2D eigenvalue weighted by Crippen LogP contribution is -2.11. The molecule has 0 bridgehead atoms. The fourth-order valence-corrected chi connectivity index (χ4v) is 2.00. The van der Waals surface area contributed by atoms with Crippen LogP contribution in [-0.2, 0) is 0 Å². The van der Waals surface area contributed by atoms with Crippen molar-refractivity contribution in [1.82, 2.24) is 0 Å². The number of carbonyl (C=O) groups excluding carboxylic acids is 1. The van der Waals surface area contributed by atoms with Crippen LogP contribution in [0.4, 0.5) is 11.4 Å². The molecule has 0 aliphatic heterocycles. The zero-order chi connectivity index (χ0) is 15.2. The van der Waals surface area contributed by atoms with Gasteiger partial charge < -0.3 is 9.73 Å². The fraction of sp³-hybridized carbons (Fsp3) is 0. The third-order valence-corrected chi connectivity index (χ3v) is 3.05. The molecule has 4 nitrogen and oxygen atoms in total. The summed E-state index contributed by atoms with van der Waals surface area (Å²) in [6.07, 6.45) is 3.17. The summed E-state index contributed by atoms with van der Waals surface area (Å²) in [6, 6.07) is 20.1. The Balaban J connectivity index is 1.83. The number of hydrogen-bond acceptors (Lipinski definition) is 3. The van der Waals surface area contributed by atoms with Crippen molar-refractivity contribution in [3.05, 3.63) is 84.3 Å². The Bertz CT molecular complexity index is 778. The van der Waals surface area contributed by atoms with Gasteiger partial charge in [0, 0.05) is 5.69 Å². The van der Waals surface area contributed by atoms with E-state index in [1.807, 2.05) is 42.5 Å². The SMILES string of the molecule is O=C(Nc1ccccc1)c1ccccc1N=Cc1ccco1. The van der Waals surface area contributed by atoms with Crippen molar-refractivity contribution < 1.29 is 9.21 Å². The summed E-state index contributed by atoms with van der Waals surface area (Å²) < 4.78 is 5.20. The predicted molar refractivity (Wildman–Crippen MR) is 86.8 cm³/mol. The average molecular weight is 290 g/mol. The van der Waals surface area contributed by atoms with Crippen LogP contribution in [0.3, 0.4) is 0 Å². The molecule has 0 saturated carbocycles. The zero-order valence-corrected chi connectivity index (χ0v) is 11.8. The summed E-state index contributed by atoms with van der Waals surface area (Å²) in [5.41, 5.74) is 1.85. The van der Waals surface area contributed by atoms with Crippen molar-refractivity contribution in [2.75, 3.05) is 5.32 Å². The van der Waals surface area contributed by atoms with E-state index in [4.69, 9.17) is 4.42 Å². The molecule has 3 rings (SSSR count). The van der Waals surface area contributed by atoms with Crippen LogP contribution in [0.25, 0.3) is 0 Å². The maximum Gasteiger partial charge on any atom is 0.257 e. The first-order valence-electron chi connectivity index (χ1n) is 6.86. The molecule has 0 fully saturated rings. The van der Waals surface area contributed by atoms with Crippen molar-refractivity contribution >= 4 is 23.5 Å². The topological polar surface area (TPSA) is 54.6 Å². The minimum atomic E-state index is -0.196. The molecule has 0 radical (unpaired) electrons. The molecular formula is C18H14N2O2. The van der Waals surface area contributed by atoms with Crippen molar-refractivity contribution in [1.29, 1.82) is 0 Å². The number of amides is 1. The molecule has 1 N–H and O–H groups in total. The molecule has 4 heteroatoms. The molecule has 0 aliphatic rings. The van der Waals surface area contributed by atoms with Gasteiger partial charge in [-0.05, 0) is 36.4 Å². The van der Waals surface area contributed by atoms with E-state index in [0.717, 1.165) is 5.69 Å². The summed E-state index contributed by atoms with van der Waals surface area (Å²) in [5.74, 6) is 0.441. The number of nitrogens with one attached hydrogen (secondary N) is 1.